The van der Waals surface area contributed by atoms with Crippen molar-refractivity contribution in [1.82, 2.24) is 0 Å². The molecular weight excluding hydrogens is 383 g/mol. The molecule has 0 radical (unpaired) electrons. The van der Waals surface area contributed by atoms with E-state index in [1.54, 1.807) is 19.2 Å². The second-order valence-electron chi connectivity index (χ2n) is 7.54. The predicted molar refractivity (Wildman–Crippen MR) is 115 cm³/mol. The van der Waals surface area contributed by atoms with Gasteiger partial charge in [0.05, 0.1) is 25.2 Å². The third-order valence-corrected chi connectivity index (χ3v) is 4.75. The third kappa shape index (κ3) is 6.13. The van der Waals surface area contributed by atoms with Crippen LogP contribution in [0.25, 0.3) is 0 Å². The Labute approximate surface area is 176 Å². The molecule has 0 fully saturated rings. The van der Waals surface area contributed by atoms with Gasteiger partial charge in [0, 0.05) is 12.2 Å². The molecular formula is C23H28FN4O2+. The van der Waals surface area contributed by atoms with Gasteiger partial charge in [-0.05, 0) is 44.0 Å². The van der Waals surface area contributed by atoms with E-state index in [9.17, 15) is 14.0 Å². The number of likely N-dealkylation sites (N-methyl/N-ethyl adjacent to an activating group) is 1. The van der Waals surface area contributed by atoms with Crippen molar-refractivity contribution < 1.29 is 18.9 Å². The summed E-state index contributed by atoms with van der Waals surface area (Å²) in [5.74, 6) is -1.07. The van der Waals surface area contributed by atoms with Gasteiger partial charge in [-0.25, -0.2) is 4.39 Å². The van der Waals surface area contributed by atoms with Gasteiger partial charge in [0.1, 0.15) is 5.82 Å². The summed E-state index contributed by atoms with van der Waals surface area (Å²) in [6, 6.07) is 12.0. The van der Waals surface area contributed by atoms with Crippen LogP contribution in [0.15, 0.2) is 36.4 Å². The molecule has 2 aromatic carbocycles. The van der Waals surface area contributed by atoms with Gasteiger partial charge in [-0.3, -0.25) is 9.59 Å². The maximum Gasteiger partial charge on any atom is 0.282 e. The van der Waals surface area contributed by atoms with Crippen molar-refractivity contribution in [2.24, 2.45) is 0 Å². The van der Waals surface area contributed by atoms with Gasteiger partial charge < -0.3 is 15.1 Å². The number of nitrogens with one attached hydrogen (secondary N) is 2. The molecule has 30 heavy (non-hydrogen) atoms. The molecule has 2 aromatic rings. The molecule has 0 saturated carbocycles. The van der Waals surface area contributed by atoms with Crippen LogP contribution in [0, 0.1) is 37.9 Å². The van der Waals surface area contributed by atoms with E-state index in [1.165, 1.54) is 17.0 Å². The summed E-state index contributed by atoms with van der Waals surface area (Å²) in [7, 11) is 1.73. The zero-order chi connectivity index (χ0) is 22.3. The number of carbonyl (C=O) groups is 2. The van der Waals surface area contributed by atoms with Gasteiger partial charge in [-0.15, -0.1) is 0 Å². The van der Waals surface area contributed by atoms with Crippen LogP contribution in [0.3, 0.4) is 0 Å². The quantitative estimate of drug-likeness (QED) is 0.699. The van der Waals surface area contributed by atoms with Crippen molar-refractivity contribution in [3.63, 3.8) is 0 Å². The standard InChI is InChI=1S/C23H27FN4O2/c1-16-12-17(2)23(18(3)13-16)26-21(29)14-27(4)15-22(30)28(11-7-10-25)20-9-6-5-8-19(20)24/h5-6,8-9,12-13H,7,11,14-15H2,1-4H3,(H,26,29)/p+1. The summed E-state index contributed by atoms with van der Waals surface area (Å²) in [6.07, 6.45) is 0.0889. The number of para-hydroxylation sites is 1. The Morgan fingerprint density at radius 3 is 2.37 bits per heavy atom. The summed E-state index contributed by atoms with van der Waals surface area (Å²) in [6.45, 7) is 6.07. The molecule has 0 heterocycles. The molecule has 0 saturated heterocycles. The Kier molecular flexibility index (Phi) is 8.07. The van der Waals surface area contributed by atoms with Crippen molar-refractivity contribution in [3.8, 4) is 6.07 Å². The molecule has 0 aliphatic rings. The highest BCUT2D eigenvalue weighted by Crippen LogP contribution is 2.21. The number of anilines is 2. The topological polar surface area (TPSA) is 77.6 Å². The highest BCUT2D eigenvalue weighted by molar-refractivity contribution is 5.95. The molecule has 158 valence electrons. The Hall–Kier alpha value is -3.24. The first-order chi connectivity index (χ1) is 14.2. The van der Waals surface area contributed by atoms with Crippen LogP contribution in [-0.4, -0.2) is 38.5 Å². The lowest BCUT2D eigenvalue weighted by Gasteiger charge is -2.24. The smallest absolute Gasteiger partial charge is 0.282 e. The summed E-state index contributed by atoms with van der Waals surface area (Å²) >= 11 is 0. The monoisotopic (exact) mass is 411 g/mol. The van der Waals surface area contributed by atoms with Crippen LogP contribution in [0.4, 0.5) is 15.8 Å². The fourth-order valence-electron chi connectivity index (χ4n) is 3.46. The van der Waals surface area contributed by atoms with Gasteiger partial charge in [0.25, 0.3) is 11.8 Å². The number of nitriles is 1. The minimum Gasteiger partial charge on any atom is -0.322 e. The second-order valence-corrected chi connectivity index (χ2v) is 7.54. The number of nitrogens with zero attached hydrogens (tertiary/aromatic N) is 2. The van der Waals surface area contributed by atoms with Crippen molar-refractivity contribution in [2.75, 3.05) is 36.9 Å². The summed E-state index contributed by atoms with van der Waals surface area (Å²) < 4.78 is 14.2. The van der Waals surface area contributed by atoms with Crippen LogP contribution in [0.1, 0.15) is 23.1 Å². The highest BCUT2D eigenvalue weighted by Gasteiger charge is 2.23. The average Bonchev–Trinajstić information content (AvgIpc) is 2.66. The predicted octanol–water partition coefficient (Wildman–Crippen LogP) is 2.15. The van der Waals surface area contributed by atoms with E-state index in [0.29, 0.717) is 4.90 Å². The lowest BCUT2D eigenvalue weighted by Crippen LogP contribution is -3.11. The van der Waals surface area contributed by atoms with Crippen LogP contribution >= 0.6 is 0 Å². The number of halogens is 1. The lowest BCUT2D eigenvalue weighted by atomic mass is 10.1. The van der Waals surface area contributed by atoms with E-state index in [2.05, 4.69) is 5.32 Å². The van der Waals surface area contributed by atoms with Gasteiger partial charge in [0.15, 0.2) is 13.1 Å². The van der Waals surface area contributed by atoms with Crippen molar-refractivity contribution in [3.05, 3.63) is 58.9 Å². The highest BCUT2D eigenvalue weighted by atomic mass is 19.1. The number of hydrogen-bond donors (Lipinski definition) is 2. The van der Waals surface area contributed by atoms with Crippen molar-refractivity contribution in [2.45, 2.75) is 27.2 Å². The number of quaternary nitrogens is 1. The third-order valence-electron chi connectivity index (χ3n) is 4.75. The fraction of sp³-hybridized carbons (Fsp3) is 0.348. The fourth-order valence-corrected chi connectivity index (χ4v) is 3.46. The number of aryl methyl sites for hydroxylation is 3. The molecule has 0 aliphatic heterocycles. The van der Waals surface area contributed by atoms with Crippen LogP contribution in [0.5, 0.6) is 0 Å². The first-order valence-electron chi connectivity index (χ1n) is 9.83. The SMILES string of the molecule is Cc1cc(C)c(NC(=O)C[NH+](C)CC(=O)N(CCC#N)c2ccccc2F)c(C)c1. The number of hydrogen-bond acceptors (Lipinski definition) is 3. The normalized spacial score (nSPS) is 11.5. The van der Waals surface area contributed by atoms with Crippen molar-refractivity contribution >= 4 is 23.2 Å². The molecule has 2 rings (SSSR count). The molecule has 1 atom stereocenters. The molecule has 0 spiro atoms. The lowest BCUT2D eigenvalue weighted by molar-refractivity contribution is -0.862. The summed E-state index contributed by atoms with van der Waals surface area (Å²) in [5, 5.41) is 11.8. The van der Waals surface area contributed by atoms with Crippen molar-refractivity contribution in [1.29, 1.82) is 5.26 Å². The Balaban J connectivity index is 2.04. The Morgan fingerprint density at radius 1 is 1.13 bits per heavy atom. The minimum absolute atomic E-state index is 0.000947. The molecule has 0 aliphatic carbocycles. The van der Waals surface area contributed by atoms with E-state index in [0.717, 1.165) is 22.4 Å². The van der Waals surface area contributed by atoms with Crippen LogP contribution in [0.2, 0.25) is 0 Å². The van der Waals surface area contributed by atoms with Crippen LogP contribution < -0.4 is 15.1 Å². The number of carbonyl (C=O) groups excluding carboxylic acids is 2. The van der Waals surface area contributed by atoms with E-state index >= 15 is 0 Å². The maximum atomic E-state index is 14.2. The molecule has 0 bridgehead atoms. The first kappa shape index (κ1) is 23.0. The first-order valence-corrected chi connectivity index (χ1v) is 9.83. The number of benzene rings is 2. The second kappa shape index (κ2) is 10.5. The van der Waals surface area contributed by atoms with E-state index < -0.39 is 5.82 Å². The van der Waals surface area contributed by atoms with E-state index in [-0.39, 0.29) is 43.6 Å². The number of rotatable bonds is 8. The minimum atomic E-state index is -0.524. The molecule has 6 nitrogen and oxygen atoms in total. The van der Waals surface area contributed by atoms with Crippen LogP contribution in [-0.2, 0) is 9.59 Å². The Morgan fingerprint density at radius 2 is 1.77 bits per heavy atom. The van der Waals surface area contributed by atoms with Gasteiger partial charge >= 0.3 is 0 Å². The van der Waals surface area contributed by atoms with E-state index in [1.807, 2.05) is 39.0 Å². The van der Waals surface area contributed by atoms with Gasteiger partial charge in [-0.1, -0.05) is 29.8 Å². The molecule has 1 unspecified atom stereocenters. The number of amides is 2. The molecule has 0 aromatic heterocycles. The van der Waals surface area contributed by atoms with Gasteiger partial charge in [0.2, 0.25) is 0 Å². The molecule has 2 amide bonds. The summed E-state index contributed by atoms with van der Waals surface area (Å²) in [4.78, 5) is 27.2. The largest absolute Gasteiger partial charge is 0.322 e. The zero-order valence-electron chi connectivity index (χ0n) is 17.9. The zero-order valence-corrected chi connectivity index (χ0v) is 17.9. The summed E-state index contributed by atoms with van der Waals surface area (Å²) in [5.41, 5.74) is 4.02. The van der Waals surface area contributed by atoms with E-state index in [4.69, 9.17) is 5.26 Å². The Bertz CT molecular complexity index is 945. The average molecular weight is 412 g/mol. The molecule has 2 N–H and O–H groups in total. The maximum absolute atomic E-state index is 14.2. The molecule has 7 heteroatoms. The van der Waals surface area contributed by atoms with Gasteiger partial charge in [-0.2, -0.15) is 5.26 Å².